The molecule has 0 spiro atoms. The minimum Gasteiger partial charge on any atom is -0.491 e. The Balaban J connectivity index is 2.10. The molecule has 25 heavy (non-hydrogen) atoms. The summed E-state index contributed by atoms with van der Waals surface area (Å²) in [6, 6.07) is 16.4. The van der Waals surface area contributed by atoms with Crippen LogP contribution in [0.3, 0.4) is 0 Å². The molecule has 3 heteroatoms. The summed E-state index contributed by atoms with van der Waals surface area (Å²) >= 11 is 0. The van der Waals surface area contributed by atoms with Crippen molar-refractivity contribution in [3.63, 3.8) is 0 Å². The second kappa shape index (κ2) is 8.39. The molecule has 0 aliphatic heterocycles. The van der Waals surface area contributed by atoms with Gasteiger partial charge >= 0.3 is 0 Å². The Kier molecular flexibility index (Phi) is 6.49. The van der Waals surface area contributed by atoms with Crippen molar-refractivity contribution >= 4 is 0 Å². The lowest BCUT2D eigenvalue weighted by Gasteiger charge is -2.26. The minimum atomic E-state index is -0.414. The quantitative estimate of drug-likeness (QED) is 0.738. The first-order valence-electron chi connectivity index (χ1n) is 9.01. The van der Waals surface area contributed by atoms with Gasteiger partial charge in [0.25, 0.3) is 0 Å². The van der Waals surface area contributed by atoms with Crippen molar-refractivity contribution < 1.29 is 14.6 Å². The van der Waals surface area contributed by atoms with E-state index in [4.69, 9.17) is 9.47 Å². The van der Waals surface area contributed by atoms with Crippen LogP contribution in [0.2, 0.25) is 0 Å². The predicted molar refractivity (Wildman–Crippen MR) is 103 cm³/mol. The van der Waals surface area contributed by atoms with Crippen molar-refractivity contribution in [1.29, 1.82) is 0 Å². The smallest absolute Gasteiger partial charge is 0.119 e. The summed E-state index contributed by atoms with van der Waals surface area (Å²) in [5.41, 5.74) is 2.34. The molecule has 1 N–H and O–H groups in total. The van der Waals surface area contributed by atoms with Gasteiger partial charge in [0.2, 0.25) is 0 Å². The average molecular weight is 342 g/mol. The van der Waals surface area contributed by atoms with Gasteiger partial charge in [-0.3, -0.25) is 0 Å². The van der Waals surface area contributed by atoms with Crippen molar-refractivity contribution in [2.45, 2.75) is 58.7 Å². The Labute approximate surface area is 151 Å². The predicted octanol–water partition coefficient (Wildman–Crippen LogP) is 4.95. The Morgan fingerprint density at radius 2 is 1.36 bits per heavy atom. The molecule has 3 nitrogen and oxygen atoms in total. The molecular weight excluding hydrogens is 312 g/mol. The molecular formula is C22H30O3. The number of aliphatic hydroxyl groups excluding tert-OH is 1. The Hall–Kier alpha value is -2.00. The van der Waals surface area contributed by atoms with Gasteiger partial charge in [0.15, 0.2) is 0 Å². The standard InChI is InChI=1S/C22H30O3/c1-6-19(23)15-24-20-11-7-17(8-12-20)22(4,5)18-9-13-21(14-10-18)25-16(2)3/h7-14,16,19,23H,6,15H2,1-5H3. The fourth-order valence-corrected chi connectivity index (χ4v) is 2.67. The van der Waals surface area contributed by atoms with Gasteiger partial charge in [-0.15, -0.1) is 0 Å². The molecule has 0 bridgehead atoms. The third-order valence-corrected chi connectivity index (χ3v) is 4.44. The second-order valence-corrected chi connectivity index (χ2v) is 7.21. The van der Waals surface area contributed by atoms with Gasteiger partial charge < -0.3 is 14.6 Å². The van der Waals surface area contributed by atoms with Gasteiger partial charge in [-0.1, -0.05) is 45.0 Å². The second-order valence-electron chi connectivity index (χ2n) is 7.21. The zero-order valence-corrected chi connectivity index (χ0v) is 16.0. The number of hydrogen-bond donors (Lipinski definition) is 1. The fraction of sp³-hybridized carbons (Fsp3) is 0.455. The van der Waals surface area contributed by atoms with Gasteiger partial charge in [0.1, 0.15) is 18.1 Å². The zero-order chi connectivity index (χ0) is 18.4. The zero-order valence-electron chi connectivity index (χ0n) is 16.0. The largest absolute Gasteiger partial charge is 0.491 e. The highest BCUT2D eigenvalue weighted by atomic mass is 16.5. The highest BCUT2D eigenvalue weighted by Gasteiger charge is 2.23. The van der Waals surface area contributed by atoms with E-state index in [0.29, 0.717) is 13.0 Å². The van der Waals surface area contributed by atoms with Crippen LogP contribution in [0.1, 0.15) is 52.2 Å². The van der Waals surface area contributed by atoms with Crippen LogP contribution in [-0.4, -0.2) is 23.9 Å². The maximum Gasteiger partial charge on any atom is 0.119 e. The molecule has 2 rings (SSSR count). The van der Waals surface area contributed by atoms with E-state index in [2.05, 4.69) is 38.1 Å². The molecule has 0 aliphatic rings. The fourth-order valence-electron chi connectivity index (χ4n) is 2.67. The first-order valence-corrected chi connectivity index (χ1v) is 9.01. The number of rotatable bonds is 8. The summed E-state index contributed by atoms with van der Waals surface area (Å²) in [5, 5.41) is 9.59. The number of ether oxygens (including phenoxy) is 2. The maximum absolute atomic E-state index is 9.59. The van der Waals surface area contributed by atoms with Crippen LogP contribution >= 0.6 is 0 Å². The van der Waals surface area contributed by atoms with E-state index < -0.39 is 6.10 Å². The summed E-state index contributed by atoms with van der Waals surface area (Å²) in [7, 11) is 0. The van der Waals surface area contributed by atoms with E-state index in [9.17, 15) is 5.11 Å². The first-order chi connectivity index (χ1) is 11.8. The van der Waals surface area contributed by atoms with E-state index in [1.165, 1.54) is 11.1 Å². The first kappa shape index (κ1) is 19.3. The van der Waals surface area contributed by atoms with Crippen LogP contribution in [-0.2, 0) is 5.41 Å². The molecule has 0 heterocycles. The van der Waals surface area contributed by atoms with E-state index in [1.54, 1.807) is 0 Å². The third kappa shape index (κ3) is 5.23. The monoisotopic (exact) mass is 342 g/mol. The third-order valence-electron chi connectivity index (χ3n) is 4.44. The molecule has 0 amide bonds. The summed E-state index contributed by atoms with van der Waals surface area (Å²) in [6.07, 6.45) is 0.460. The summed E-state index contributed by atoms with van der Waals surface area (Å²) in [6.45, 7) is 10.7. The molecule has 0 radical (unpaired) electrons. The van der Waals surface area contributed by atoms with Crippen molar-refractivity contribution in [3.8, 4) is 11.5 Å². The maximum atomic E-state index is 9.59. The normalized spacial score (nSPS) is 12.9. The van der Waals surface area contributed by atoms with Crippen LogP contribution in [0.15, 0.2) is 48.5 Å². The van der Waals surface area contributed by atoms with Crippen molar-refractivity contribution in [2.24, 2.45) is 0 Å². The van der Waals surface area contributed by atoms with E-state index in [-0.39, 0.29) is 11.5 Å². The SMILES string of the molecule is CCC(O)COc1ccc(C(C)(C)c2ccc(OC(C)C)cc2)cc1. The Bertz CT molecular complexity index is 642. The van der Waals surface area contributed by atoms with Crippen LogP contribution in [0.25, 0.3) is 0 Å². The van der Waals surface area contributed by atoms with Gasteiger partial charge in [0.05, 0.1) is 12.2 Å². The number of hydrogen-bond acceptors (Lipinski definition) is 3. The lowest BCUT2D eigenvalue weighted by molar-refractivity contribution is 0.104. The Morgan fingerprint density at radius 3 is 1.80 bits per heavy atom. The topological polar surface area (TPSA) is 38.7 Å². The molecule has 2 aromatic rings. The minimum absolute atomic E-state index is 0.113. The lowest BCUT2D eigenvalue weighted by Crippen LogP contribution is -2.19. The molecule has 2 aromatic carbocycles. The van der Waals surface area contributed by atoms with Crippen molar-refractivity contribution in [2.75, 3.05) is 6.61 Å². The summed E-state index contributed by atoms with van der Waals surface area (Å²) in [5.74, 6) is 1.68. The van der Waals surface area contributed by atoms with Crippen molar-refractivity contribution in [1.82, 2.24) is 0 Å². The average Bonchev–Trinajstić information content (AvgIpc) is 2.60. The molecule has 1 atom stereocenters. The van der Waals surface area contributed by atoms with E-state index >= 15 is 0 Å². The molecule has 0 saturated heterocycles. The molecule has 1 unspecified atom stereocenters. The van der Waals surface area contributed by atoms with Crippen LogP contribution in [0, 0.1) is 0 Å². The van der Waals surface area contributed by atoms with Gasteiger partial charge in [-0.25, -0.2) is 0 Å². The lowest BCUT2D eigenvalue weighted by atomic mass is 9.78. The van der Waals surface area contributed by atoms with Crippen LogP contribution < -0.4 is 9.47 Å². The van der Waals surface area contributed by atoms with Crippen LogP contribution in [0.4, 0.5) is 0 Å². The highest BCUT2D eigenvalue weighted by Crippen LogP contribution is 2.33. The van der Waals surface area contributed by atoms with E-state index in [1.807, 2.05) is 45.0 Å². The Morgan fingerprint density at radius 1 is 0.880 bits per heavy atom. The van der Waals surface area contributed by atoms with E-state index in [0.717, 1.165) is 11.5 Å². The molecule has 0 aliphatic carbocycles. The molecule has 136 valence electrons. The molecule has 0 fully saturated rings. The number of benzene rings is 2. The summed E-state index contributed by atoms with van der Waals surface area (Å²) < 4.78 is 11.3. The van der Waals surface area contributed by atoms with Gasteiger partial charge in [-0.2, -0.15) is 0 Å². The van der Waals surface area contributed by atoms with Gasteiger partial charge in [0, 0.05) is 5.41 Å². The molecule has 0 saturated carbocycles. The molecule has 0 aromatic heterocycles. The van der Waals surface area contributed by atoms with Crippen molar-refractivity contribution in [3.05, 3.63) is 59.7 Å². The number of aliphatic hydroxyl groups is 1. The highest BCUT2D eigenvalue weighted by molar-refractivity contribution is 5.41. The summed E-state index contributed by atoms with van der Waals surface area (Å²) in [4.78, 5) is 0. The van der Waals surface area contributed by atoms with Gasteiger partial charge in [-0.05, 0) is 55.7 Å². The van der Waals surface area contributed by atoms with Crippen LogP contribution in [0.5, 0.6) is 11.5 Å².